The van der Waals surface area contributed by atoms with Crippen molar-refractivity contribution >= 4 is 5.91 Å². The van der Waals surface area contributed by atoms with Crippen LogP contribution >= 0.6 is 0 Å². The predicted octanol–water partition coefficient (Wildman–Crippen LogP) is 1.38. The molecular weight excluding hydrogens is 166 g/mol. The normalized spacial score (nSPS) is 35.2. The fourth-order valence-corrected chi connectivity index (χ4v) is 2.45. The molecule has 0 N–H and O–H groups in total. The van der Waals surface area contributed by atoms with Gasteiger partial charge in [-0.1, -0.05) is 13.8 Å². The Labute approximate surface area is 79.0 Å². The minimum absolute atomic E-state index is 0.189. The zero-order chi connectivity index (χ0) is 9.85. The van der Waals surface area contributed by atoms with E-state index in [2.05, 4.69) is 0 Å². The molecule has 2 aliphatic rings. The topological polar surface area (TPSA) is 29.5 Å². The molecular formula is C10H17NO2. The zero-order valence-electron chi connectivity index (χ0n) is 8.76. The lowest BCUT2D eigenvalue weighted by Crippen LogP contribution is -2.45. The number of hydrogen-bond donors (Lipinski definition) is 0. The van der Waals surface area contributed by atoms with Crippen LogP contribution in [0.2, 0.25) is 0 Å². The van der Waals surface area contributed by atoms with Crippen molar-refractivity contribution in [1.29, 1.82) is 0 Å². The Morgan fingerprint density at radius 3 is 2.54 bits per heavy atom. The molecule has 0 saturated carbocycles. The Hall–Kier alpha value is -0.570. The Kier molecular flexibility index (Phi) is 1.57. The van der Waals surface area contributed by atoms with E-state index in [1.54, 1.807) is 0 Å². The van der Waals surface area contributed by atoms with Crippen LogP contribution in [-0.4, -0.2) is 29.2 Å². The smallest absolute Gasteiger partial charge is 0.230 e. The molecule has 0 spiro atoms. The van der Waals surface area contributed by atoms with E-state index in [1.807, 2.05) is 32.6 Å². The molecule has 2 saturated heterocycles. The molecule has 2 aliphatic heterocycles. The van der Waals surface area contributed by atoms with Gasteiger partial charge in [0.2, 0.25) is 5.91 Å². The molecule has 0 bridgehead atoms. The number of carbonyl (C=O) groups excluding carboxylic acids is 1. The van der Waals surface area contributed by atoms with E-state index in [9.17, 15) is 4.79 Å². The van der Waals surface area contributed by atoms with Gasteiger partial charge in [0.1, 0.15) is 5.72 Å². The third kappa shape index (κ3) is 1.10. The molecule has 1 unspecified atom stereocenters. The molecule has 2 fully saturated rings. The predicted molar refractivity (Wildman–Crippen MR) is 49.1 cm³/mol. The van der Waals surface area contributed by atoms with E-state index in [0.717, 1.165) is 6.42 Å². The van der Waals surface area contributed by atoms with Gasteiger partial charge in [-0.3, -0.25) is 4.79 Å². The maximum atomic E-state index is 12.0. The lowest BCUT2D eigenvalue weighted by atomic mass is 9.90. The van der Waals surface area contributed by atoms with E-state index in [1.165, 1.54) is 0 Å². The molecule has 2 heterocycles. The van der Waals surface area contributed by atoms with E-state index < -0.39 is 5.72 Å². The highest BCUT2D eigenvalue weighted by Crippen LogP contribution is 2.43. The number of carbonyl (C=O) groups is 1. The fourth-order valence-electron chi connectivity index (χ4n) is 2.45. The second-order valence-electron chi connectivity index (χ2n) is 5.17. The maximum absolute atomic E-state index is 12.0. The van der Waals surface area contributed by atoms with Gasteiger partial charge in [-0.2, -0.15) is 0 Å². The highest BCUT2D eigenvalue weighted by Gasteiger charge is 2.54. The van der Waals surface area contributed by atoms with Gasteiger partial charge < -0.3 is 9.64 Å². The fraction of sp³-hybridized carbons (Fsp3) is 0.900. The second-order valence-corrected chi connectivity index (χ2v) is 5.17. The minimum Gasteiger partial charge on any atom is -0.354 e. The third-order valence-corrected chi connectivity index (χ3v) is 3.12. The molecule has 0 aromatic rings. The first-order chi connectivity index (χ1) is 5.84. The molecule has 2 rings (SSSR count). The third-order valence-electron chi connectivity index (χ3n) is 3.12. The van der Waals surface area contributed by atoms with E-state index in [-0.39, 0.29) is 11.3 Å². The molecule has 0 aliphatic carbocycles. The molecule has 3 nitrogen and oxygen atoms in total. The van der Waals surface area contributed by atoms with Crippen molar-refractivity contribution in [1.82, 2.24) is 4.90 Å². The zero-order valence-corrected chi connectivity index (χ0v) is 8.76. The van der Waals surface area contributed by atoms with Crippen molar-refractivity contribution in [2.75, 3.05) is 6.61 Å². The van der Waals surface area contributed by atoms with Crippen LogP contribution < -0.4 is 0 Å². The summed E-state index contributed by atoms with van der Waals surface area (Å²) in [4.78, 5) is 13.9. The van der Waals surface area contributed by atoms with Gasteiger partial charge in [-0.25, -0.2) is 0 Å². The summed E-state index contributed by atoms with van der Waals surface area (Å²) in [5.74, 6) is 0.236. The van der Waals surface area contributed by atoms with Gasteiger partial charge in [0, 0.05) is 5.41 Å². The lowest BCUT2D eigenvalue weighted by molar-refractivity contribution is -0.148. The van der Waals surface area contributed by atoms with Crippen LogP contribution in [0, 0.1) is 5.41 Å². The molecule has 1 amide bonds. The first kappa shape index (κ1) is 9.00. The minimum atomic E-state index is -0.393. The maximum Gasteiger partial charge on any atom is 0.230 e. The highest BCUT2D eigenvalue weighted by molar-refractivity contribution is 5.85. The van der Waals surface area contributed by atoms with Crippen LogP contribution in [0.4, 0.5) is 0 Å². The summed E-state index contributed by atoms with van der Waals surface area (Å²) in [6, 6.07) is 0.303. The van der Waals surface area contributed by atoms with Crippen molar-refractivity contribution in [2.24, 2.45) is 5.41 Å². The second kappa shape index (κ2) is 2.27. The van der Waals surface area contributed by atoms with Gasteiger partial charge in [0.15, 0.2) is 0 Å². The monoisotopic (exact) mass is 183 g/mol. The highest BCUT2D eigenvalue weighted by atomic mass is 16.5. The summed E-state index contributed by atoms with van der Waals surface area (Å²) in [7, 11) is 0. The van der Waals surface area contributed by atoms with E-state index in [4.69, 9.17) is 4.74 Å². The number of nitrogens with zero attached hydrogens (tertiary/aromatic N) is 1. The van der Waals surface area contributed by atoms with Crippen molar-refractivity contribution in [2.45, 2.75) is 45.9 Å². The summed E-state index contributed by atoms with van der Waals surface area (Å²) in [5.41, 5.74) is -0.582. The van der Waals surface area contributed by atoms with Crippen molar-refractivity contribution < 1.29 is 9.53 Å². The largest absolute Gasteiger partial charge is 0.354 e. The average Bonchev–Trinajstić information content (AvgIpc) is 2.35. The van der Waals surface area contributed by atoms with Crippen molar-refractivity contribution in [3.63, 3.8) is 0 Å². The average molecular weight is 183 g/mol. The number of hydrogen-bond acceptors (Lipinski definition) is 2. The summed E-state index contributed by atoms with van der Waals surface area (Å²) in [5, 5.41) is 0. The van der Waals surface area contributed by atoms with Crippen LogP contribution in [0.1, 0.15) is 34.1 Å². The van der Waals surface area contributed by atoms with Gasteiger partial charge in [-0.15, -0.1) is 0 Å². The van der Waals surface area contributed by atoms with Crippen molar-refractivity contribution in [3.8, 4) is 0 Å². The first-order valence-electron chi connectivity index (χ1n) is 4.82. The molecule has 1 atom stereocenters. The van der Waals surface area contributed by atoms with Crippen LogP contribution in [0.5, 0.6) is 0 Å². The number of fused-ring (bicyclic) bond motifs is 1. The summed E-state index contributed by atoms with van der Waals surface area (Å²) >= 11 is 0. The summed E-state index contributed by atoms with van der Waals surface area (Å²) < 4.78 is 5.58. The van der Waals surface area contributed by atoms with Crippen LogP contribution in [0.15, 0.2) is 0 Å². The van der Waals surface area contributed by atoms with Gasteiger partial charge in [0.25, 0.3) is 0 Å². The van der Waals surface area contributed by atoms with Crippen LogP contribution in [0.25, 0.3) is 0 Å². The standard InChI is InChI=1S/C10H17NO2/c1-9(2)5-7-6-13-10(3,4)11(7)8(9)12/h7H,5-6H2,1-4H3. The Morgan fingerprint density at radius 1 is 1.38 bits per heavy atom. The van der Waals surface area contributed by atoms with Gasteiger partial charge in [0.05, 0.1) is 12.6 Å². The van der Waals surface area contributed by atoms with Gasteiger partial charge in [-0.05, 0) is 20.3 Å². The van der Waals surface area contributed by atoms with E-state index in [0.29, 0.717) is 12.6 Å². The number of amides is 1. The summed E-state index contributed by atoms with van der Waals surface area (Å²) in [6.07, 6.45) is 0.926. The summed E-state index contributed by atoms with van der Waals surface area (Å²) in [6.45, 7) is 8.66. The van der Waals surface area contributed by atoms with Crippen LogP contribution in [-0.2, 0) is 9.53 Å². The molecule has 74 valence electrons. The van der Waals surface area contributed by atoms with Crippen molar-refractivity contribution in [3.05, 3.63) is 0 Å². The molecule has 13 heavy (non-hydrogen) atoms. The van der Waals surface area contributed by atoms with Crippen LogP contribution in [0.3, 0.4) is 0 Å². The Balaban J connectivity index is 2.32. The quantitative estimate of drug-likeness (QED) is 0.568. The van der Waals surface area contributed by atoms with E-state index >= 15 is 0 Å². The molecule has 3 heteroatoms. The van der Waals surface area contributed by atoms with Gasteiger partial charge >= 0.3 is 0 Å². The Morgan fingerprint density at radius 2 is 2.00 bits per heavy atom. The molecule has 0 aromatic heterocycles. The molecule has 0 aromatic carbocycles. The number of rotatable bonds is 0. The Bertz CT molecular complexity index is 258. The SMILES string of the molecule is CC1(C)CC2COC(C)(C)N2C1=O. The lowest BCUT2D eigenvalue weighted by Gasteiger charge is -2.30. The first-order valence-corrected chi connectivity index (χ1v) is 4.82. The number of ether oxygens (including phenoxy) is 1. The molecule has 0 radical (unpaired) electrons.